The molecule has 0 aliphatic heterocycles. The molecule has 0 saturated heterocycles. The number of aryl methyl sites for hydroxylation is 1. The first-order chi connectivity index (χ1) is 16.8. The molecule has 2 aromatic rings. The van der Waals surface area contributed by atoms with Crippen LogP contribution in [0, 0.1) is 6.92 Å². The number of hydrogen-bond donors (Lipinski definition) is 1. The number of hydrogen-bond acceptors (Lipinski definition) is 4. The molecule has 2 rings (SSSR count). The summed E-state index contributed by atoms with van der Waals surface area (Å²) in [5.74, 6) is -0.885. The van der Waals surface area contributed by atoms with E-state index in [0.717, 1.165) is 22.5 Å². The van der Waals surface area contributed by atoms with Crippen LogP contribution < -0.4 is 9.62 Å². The minimum absolute atomic E-state index is 0.00642. The largest absolute Gasteiger partial charge is 0.352 e. The maximum absolute atomic E-state index is 13.7. The molecule has 198 valence electrons. The van der Waals surface area contributed by atoms with Gasteiger partial charge in [-0.1, -0.05) is 60.8 Å². The Balaban J connectivity index is 2.50. The topological polar surface area (TPSA) is 86.8 Å². The number of nitrogens with zero attached hydrogens (tertiary/aromatic N) is 2. The van der Waals surface area contributed by atoms with Gasteiger partial charge in [-0.25, -0.2) is 8.42 Å². The van der Waals surface area contributed by atoms with Crippen molar-refractivity contribution in [2.45, 2.75) is 59.2 Å². The Hall–Kier alpha value is -2.00. The predicted octanol–water partition coefficient (Wildman–Crippen LogP) is 5.44. The Morgan fingerprint density at radius 1 is 1.00 bits per heavy atom. The number of amides is 2. The van der Waals surface area contributed by atoms with Gasteiger partial charge in [0.2, 0.25) is 21.8 Å². The molecular formula is C25H32Cl3N3O4S. The van der Waals surface area contributed by atoms with Crippen molar-refractivity contribution in [3.63, 3.8) is 0 Å². The quantitative estimate of drug-likeness (QED) is 0.386. The van der Waals surface area contributed by atoms with Gasteiger partial charge in [0, 0.05) is 27.7 Å². The number of carbonyl (C=O) groups is 2. The summed E-state index contributed by atoms with van der Waals surface area (Å²) in [4.78, 5) is 28.2. The van der Waals surface area contributed by atoms with Gasteiger partial charge in [0.25, 0.3) is 0 Å². The maximum atomic E-state index is 13.7. The van der Waals surface area contributed by atoms with E-state index in [1.54, 1.807) is 44.2 Å². The predicted molar refractivity (Wildman–Crippen MR) is 147 cm³/mol. The molecule has 2 atom stereocenters. The first kappa shape index (κ1) is 30.2. The second kappa shape index (κ2) is 13.0. The van der Waals surface area contributed by atoms with Gasteiger partial charge in [-0.3, -0.25) is 13.9 Å². The molecule has 2 amide bonds. The SMILES string of the molecule is CCC(C)NC(=O)C(CC)N(Cc1ccc(Cl)cc1Cl)C(=O)CN(c1ccc(C)c(Cl)c1)S(C)(=O)=O. The normalized spacial score (nSPS) is 13.1. The van der Waals surface area contributed by atoms with Crippen molar-refractivity contribution < 1.29 is 18.0 Å². The minimum atomic E-state index is -3.86. The minimum Gasteiger partial charge on any atom is -0.352 e. The molecular weight excluding hydrogens is 545 g/mol. The molecule has 0 saturated carbocycles. The lowest BCUT2D eigenvalue weighted by molar-refractivity contribution is -0.140. The maximum Gasteiger partial charge on any atom is 0.244 e. The number of halogens is 3. The van der Waals surface area contributed by atoms with Crippen molar-refractivity contribution in [3.05, 3.63) is 62.6 Å². The van der Waals surface area contributed by atoms with Crippen molar-refractivity contribution >= 4 is 62.3 Å². The third-order valence-corrected chi connectivity index (χ3v) is 8.00. The lowest BCUT2D eigenvalue weighted by Crippen LogP contribution is -2.53. The molecule has 0 bridgehead atoms. The first-order valence-corrected chi connectivity index (χ1v) is 14.5. The summed E-state index contributed by atoms with van der Waals surface area (Å²) in [6.45, 7) is 6.88. The molecule has 0 radical (unpaired) electrons. The van der Waals surface area contributed by atoms with E-state index in [1.807, 2.05) is 13.8 Å². The van der Waals surface area contributed by atoms with Crippen LogP contribution in [0.15, 0.2) is 36.4 Å². The molecule has 2 aromatic carbocycles. The standard InChI is InChI=1S/C25H32Cl3N3O4S/c1-6-17(4)29-25(33)23(7-2)30(14-18-9-10-19(26)12-22(18)28)24(32)15-31(36(5,34)35)20-11-8-16(3)21(27)13-20/h8-13,17,23H,6-7,14-15H2,1-5H3,(H,29,33). The zero-order valence-corrected chi connectivity index (χ0v) is 24.1. The fourth-order valence-corrected chi connectivity index (χ4v) is 5.03. The van der Waals surface area contributed by atoms with Crippen LogP contribution in [0.2, 0.25) is 15.1 Å². The lowest BCUT2D eigenvalue weighted by atomic mass is 10.1. The van der Waals surface area contributed by atoms with Gasteiger partial charge in [-0.2, -0.15) is 0 Å². The molecule has 36 heavy (non-hydrogen) atoms. The molecule has 0 aromatic heterocycles. The van der Waals surface area contributed by atoms with Gasteiger partial charge in [0.15, 0.2) is 0 Å². The molecule has 0 heterocycles. The Morgan fingerprint density at radius 3 is 2.19 bits per heavy atom. The summed E-state index contributed by atoms with van der Waals surface area (Å²) in [5.41, 5.74) is 1.60. The highest BCUT2D eigenvalue weighted by Crippen LogP contribution is 2.27. The zero-order chi connectivity index (χ0) is 27.2. The summed E-state index contributed by atoms with van der Waals surface area (Å²) < 4.78 is 26.4. The fourth-order valence-electron chi connectivity index (χ4n) is 3.54. The fraction of sp³-hybridized carbons (Fsp3) is 0.440. The van der Waals surface area contributed by atoms with E-state index in [9.17, 15) is 18.0 Å². The van der Waals surface area contributed by atoms with Crippen LogP contribution in [0.1, 0.15) is 44.7 Å². The highest BCUT2D eigenvalue weighted by Gasteiger charge is 2.32. The Morgan fingerprint density at radius 2 is 1.67 bits per heavy atom. The van der Waals surface area contributed by atoms with E-state index >= 15 is 0 Å². The van der Waals surface area contributed by atoms with Crippen LogP contribution >= 0.6 is 34.8 Å². The number of nitrogens with one attached hydrogen (secondary N) is 1. The van der Waals surface area contributed by atoms with Gasteiger partial charge in [0.05, 0.1) is 11.9 Å². The second-order valence-corrected chi connectivity index (χ2v) is 11.9. The van der Waals surface area contributed by atoms with Crippen molar-refractivity contribution in [1.29, 1.82) is 0 Å². The number of sulfonamides is 1. The van der Waals surface area contributed by atoms with E-state index in [0.29, 0.717) is 27.1 Å². The Kier molecular flexibility index (Phi) is 10.9. The zero-order valence-electron chi connectivity index (χ0n) is 21.0. The first-order valence-electron chi connectivity index (χ1n) is 11.6. The molecule has 7 nitrogen and oxygen atoms in total. The lowest BCUT2D eigenvalue weighted by Gasteiger charge is -2.33. The summed E-state index contributed by atoms with van der Waals surface area (Å²) in [6, 6.07) is 8.70. The molecule has 0 fully saturated rings. The smallest absolute Gasteiger partial charge is 0.244 e. The summed E-state index contributed by atoms with van der Waals surface area (Å²) in [7, 11) is -3.86. The highest BCUT2D eigenvalue weighted by molar-refractivity contribution is 7.92. The van der Waals surface area contributed by atoms with E-state index < -0.39 is 28.5 Å². The number of anilines is 1. The van der Waals surface area contributed by atoms with Gasteiger partial charge in [-0.05, 0) is 62.1 Å². The van der Waals surface area contributed by atoms with Crippen LogP contribution in [-0.4, -0.2) is 50.0 Å². The van der Waals surface area contributed by atoms with Crippen LogP contribution in [0.4, 0.5) is 5.69 Å². The van der Waals surface area contributed by atoms with E-state index in [4.69, 9.17) is 34.8 Å². The Labute approximate surface area is 228 Å². The van der Waals surface area contributed by atoms with Crippen LogP contribution in [0.5, 0.6) is 0 Å². The molecule has 2 unspecified atom stereocenters. The van der Waals surface area contributed by atoms with Gasteiger partial charge < -0.3 is 10.2 Å². The monoisotopic (exact) mass is 575 g/mol. The van der Waals surface area contributed by atoms with Crippen LogP contribution in [0.3, 0.4) is 0 Å². The van der Waals surface area contributed by atoms with Crippen LogP contribution in [-0.2, 0) is 26.2 Å². The van der Waals surface area contributed by atoms with Crippen molar-refractivity contribution in [2.75, 3.05) is 17.1 Å². The average Bonchev–Trinajstić information content (AvgIpc) is 2.79. The molecule has 0 spiro atoms. The van der Waals surface area contributed by atoms with E-state index in [2.05, 4.69) is 5.32 Å². The van der Waals surface area contributed by atoms with Gasteiger partial charge in [-0.15, -0.1) is 0 Å². The molecule has 0 aliphatic carbocycles. The third kappa shape index (κ3) is 8.00. The summed E-state index contributed by atoms with van der Waals surface area (Å²) in [5, 5.41) is 4.06. The number of benzene rings is 2. The third-order valence-electron chi connectivity index (χ3n) is 5.87. The summed E-state index contributed by atoms with van der Waals surface area (Å²) in [6.07, 6.45) is 2.05. The number of carbonyl (C=O) groups excluding carboxylic acids is 2. The second-order valence-electron chi connectivity index (χ2n) is 8.70. The van der Waals surface area contributed by atoms with Crippen molar-refractivity contribution in [3.8, 4) is 0 Å². The van der Waals surface area contributed by atoms with E-state index in [-0.39, 0.29) is 24.2 Å². The summed E-state index contributed by atoms with van der Waals surface area (Å²) >= 11 is 18.6. The molecule has 11 heteroatoms. The molecule has 0 aliphatic rings. The van der Waals surface area contributed by atoms with E-state index in [1.165, 1.54) is 11.0 Å². The Bertz CT molecular complexity index is 1210. The van der Waals surface area contributed by atoms with Crippen LogP contribution in [0.25, 0.3) is 0 Å². The van der Waals surface area contributed by atoms with Crippen molar-refractivity contribution in [1.82, 2.24) is 10.2 Å². The molecule has 1 N–H and O–H groups in total. The number of rotatable bonds is 11. The average molecular weight is 577 g/mol. The van der Waals surface area contributed by atoms with Gasteiger partial charge in [0.1, 0.15) is 12.6 Å². The highest BCUT2D eigenvalue weighted by atomic mass is 35.5. The van der Waals surface area contributed by atoms with Gasteiger partial charge >= 0.3 is 0 Å². The van der Waals surface area contributed by atoms with Crippen molar-refractivity contribution in [2.24, 2.45) is 0 Å².